The van der Waals surface area contributed by atoms with Crippen LogP contribution in [0.2, 0.25) is 0 Å². The van der Waals surface area contributed by atoms with Crippen molar-refractivity contribution in [1.82, 2.24) is 10.2 Å². The number of nitrogens with one attached hydrogen (secondary N) is 1. The summed E-state index contributed by atoms with van der Waals surface area (Å²) in [7, 11) is 0. The van der Waals surface area contributed by atoms with Crippen LogP contribution in [0.3, 0.4) is 0 Å². The van der Waals surface area contributed by atoms with E-state index in [2.05, 4.69) is 5.32 Å². The van der Waals surface area contributed by atoms with Crippen molar-refractivity contribution in [3.05, 3.63) is 35.9 Å². The molecule has 1 aromatic carbocycles. The van der Waals surface area contributed by atoms with Crippen LogP contribution in [0, 0.1) is 0 Å². The standard InChI is InChI=1S/C18H26N2O5/c1-18(2,3)25-16(22)19-14-9-15(11-21)20(10-14)17(23)24-12-13-7-5-4-6-8-13/h4-8,14-15,21H,9-12H2,1-3H3,(H,19,22)/t14-,15?/m1/s1. The van der Waals surface area contributed by atoms with Gasteiger partial charge in [-0.3, -0.25) is 0 Å². The van der Waals surface area contributed by atoms with Gasteiger partial charge in [0.25, 0.3) is 0 Å². The van der Waals surface area contributed by atoms with E-state index in [1.807, 2.05) is 30.3 Å². The number of rotatable bonds is 4. The summed E-state index contributed by atoms with van der Waals surface area (Å²) in [5.74, 6) is 0. The van der Waals surface area contributed by atoms with Crippen molar-refractivity contribution in [2.45, 2.75) is 51.5 Å². The summed E-state index contributed by atoms with van der Waals surface area (Å²) in [6.07, 6.45) is -0.582. The van der Waals surface area contributed by atoms with Gasteiger partial charge in [0.05, 0.1) is 18.7 Å². The molecule has 1 heterocycles. The van der Waals surface area contributed by atoms with Gasteiger partial charge >= 0.3 is 12.2 Å². The second kappa shape index (κ2) is 8.20. The topological polar surface area (TPSA) is 88.1 Å². The Labute approximate surface area is 147 Å². The average molecular weight is 350 g/mol. The third-order valence-corrected chi connectivity index (χ3v) is 3.79. The molecule has 7 nitrogen and oxygen atoms in total. The molecule has 1 fully saturated rings. The fourth-order valence-corrected chi connectivity index (χ4v) is 2.69. The first-order valence-corrected chi connectivity index (χ1v) is 8.36. The van der Waals surface area contributed by atoms with E-state index in [1.54, 1.807) is 20.8 Å². The number of likely N-dealkylation sites (tertiary alicyclic amines) is 1. The zero-order valence-electron chi connectivity index (χ0n) is 14.9. The molecule has 0 saturated carbocycles. The maximum absolute atomic E-state index is 12.3. The molecule has 0 aromatic heterocycles. The van der Waals surface area contributed by atoms with E-state index in [4.69, 9.17) is 9.47 Å². The van der Waals surface area contributed by atoms with Crippen LogP contribution in [0.1, 0.15) is 32.8 Å². The first kappa shape index (κ1) is 19.1. The zero-order valence-corrected chi connectivity index (χ0v) is 14.9. The van der Waals surface area contributed by atoms with Crippen molar-refractivity contribution in [3.63, 3.8) is 0 Å². The number of aliphatic hydroxyl groups is 1. The molecule has 0 radical (unpaired) electrons. The van der Waals surface area contributed by atoms with Crippen LogP contribution in [-0.4, -0.2) is 53.0 Å². The molecule has 138 valence electrons. The van der Waals surface area contributed by atoms with Crippen LogP contribution in [0.25, 0.3) is 0 Å². The van der Waals surface area contributed by atoms with Crippen molar-refractivity contribution in [3.8, 4) is 0 Å². The molecular weight excluding hydrogens is 324 g/mol. The van der Waals surface area contributed by atoms with Crippen LogP contribution in [0.5, 0.6) is 0 Å². The fourth-order valence-electron chi connectivity index (χ4n) is 2.69. The van der Waals surface area contributed by atoms with E-state index in [9.17, 15) is 14.7 Å². The molecule has 1 saturated heterocycles. The van der Waals surface area contributed by atoms with E-state index >= 15 is 0 Å². The smallest absolute Gasteiger partial charge is 0.410 e. The predicted molar refractivity (Wildman–Crippen MR) is 92.0 cm³/mol. The summed E-state index contributed by atoms with van der Waals surface area (Å²) in [5.41, 5.74) is 0.298. The SMILES string of the molecule is CC(C)(C)OC(=O)N[C@@H]1CC(CO)N(C(=O)OCc2ccccc2)C1. The van der Waals surface area contributed by atoms with Crippen molar-refractivity contribution in [2.24, 2.45) is 0 Å². The van der Waals surface area contributed by atoms with Crippen LogP contribution in [0.4, 0.5) is 9.59 Å². The van der Waals surface area contributed by atoms with Crippen LogP contribution < -0.4 is 5.32 Å². The molecule has 25 heavy (non-hydrogen) atoms. The Bertz CT molecular complexity index is 585. The molecule has 2 N–H and O–H groups in total. The Morgan fingerprint density at radius 3 is 2.56 bits per heavy atom. The normalized spacial score (nSPS) is 20.2. The first-order valence-electron chi connectivity index (χ1n) is 8.36. The van der Waals surface area contributed by atoms with Gasteiger partial charge in [0.2, 0.25) is 0 Å². The van der Waals surface area contributed by atoms with E-state index in [0.29, 0.717) is 6.42 Å². The molecule has 0 bridgehead atoms. The Morgan fingerprint density at radius 1 is 1.28 bits per heavy atom. The van der Waals surface area contributed by atoms with Crippen LogP contribution >= 0.6 is 0 Å². The molecule has 1 aromatic rings. The molecule has 1 aliphatic rings. The molecule has 2 rings (SSSR count). The van der Waals surface area contributed by atoms with E-state index < -0.39 is 17.8 Å². The number of alkyl carbamates (subject to hydrolysis) is 1. The monoisotopic (exact) mass is 350 g/mol. The van der Waals surface area contributed by atoms with Crippen LogP contribution in [0.15, 0.2) is 30.3 Å². The highest BCUT2D eigenvalue weighted by atomic mass is 16.6. The number of benzene rings is 1. The Hall–Kier alpha value is -2.28. The summed E-state index contributed by atoms with van der Waals surface area (Å²) in [5, 5.41) is 12.3. The second-order valence-corrected chi connectivity index (χ2v) is 7.11. The highest BCUT2D eigenvalue weighted by Crippen LogP contribution is 2.20. The number of carbonyl (C=O) groups is 2. The first-order chi connectivity index (χ1) is 11.8. The Kier molecular flexibility index (Phi) is 6.25. The molecular formula is C18H26N2O5. The summed E-state index contributed by atoms with van der Waals surface area (Å²) in [6, 6.07) is 8.70. The largest absolute Gasteiger partial charge is 0.445 e. The van der Waals surface area contributed by atoms with Crippen molar-refractivity contribution in [2.75, 3.05) is 13.2 Å². The molecule has 7 heteroatoms. The highest BCUT2D eigenvalue weighted by Gasteiger charge is 2.37. The quantitative estimate of drug-likeness (QED) is 0.870. The molecule has 1 unspecified atom stereocenters. The number of nitrogens with zero attached hydrogens (tertiary/aromatic N) is 1. The van der Waals surface area contributed by atoms with Gasteiger partial charge in [0.1, 0.15) is 12.2 Å². The van der Waals surface area contributed by atoms with E-state index in [-0.39, 0.29) is 31.8 Å². The van der Waals surface area contributed by atoms with Gasteiger partial charge in [-0.05, 0) is 32.8 Å². The number of hydrogen-bond acceptors (Lipinski definition) is 5. The molecule has 1 aliphatic heterocycles. The molecule has 2 atom stereocenters. The summed E-state index contributed by atoms with van der Waals surface area (Å²) < 4.78 is 10.5. The number of aliphatic hydroxyl groups excluding tert-OH is 1. The lowest BCUT2D eigenvalue weighted by molar-refractivity contribution is 0.0502. The molecule has 0 aliphatic carbocycles. The lowest BCUT2D eigenvalue weighted by Gasteiger charge is -2.22. The van der Waals surface area contributed by atoms with Gasteiger partial charge in [0, 0.05) is 6.54 Å². The van der Waals surface area contributed by atoms with Crippen molar-refractivity contribution >= 4 is 12.2 Å². The highest BCUT2D eigenvalue weighted by molar-refractivity contribution is 5.70. The van der Waals surface area contributed by atoms with Crippen LogP contribution in [-0.2, 0) is 16.1 Å². The Balaban J connectivity index is 1.87. The van der Waals surface area contributed by atoms with Gasteiger partial charge in [-0.2, -0.15) is 0 Å². The maximum atomic E-state index is 12.3. The lowest BCUT2D eigenvalue weighted by Crippen LogP contribution is -2.42. The molecule has 0 spiro atoms. The lowest BCUT2D eigenvalue weighted by atomic mass is 10.2. The second-order valence-electron chi connectivity index (χ2n) is 7.11. The van der Waals surface area contributed by atoms with Crippen molar-refractivity contribution in [1.29, 1.82) is 0 Å². The zero-order chi connectivity index (χ0) is 18.4. The fraction of sp³-hybridized carbons (Fsp3) is 0.556. The van der Waals surface area contributed by atoms with Gasteiger partial charge in [0.15, 0.2) is 0 Å². The van der Waals surface area contributed by atoms with E-state index in [0.717, 1.165) is 5.56 Å². The summed E-state index contributed by atoms with van der Waals surface area (Å²) >= 11 is 0. The minimum Gasteiger partial charge on any atom is -0.445 e. The van der Waals surface area contributed by atoms with Gasteiger partial charge in [-0.15, -0.1) is 0 Å². The van der Waals surface area contributed by atoms with Gasteiger partial charge < -0.3 is 24.8 Å². The number of carbonyl (C=O) groups excluding carboxylic acids is 2. The van der Waals surface area contributed by atoms with E-state index in [1.165, 1.54) is 4.90 Å². The minimum atomic E-state index is -0.590. The summed E-state index contributed by atoms with van der Waals surface area (Å²) in [6.45, 7) is 5.60. The van der Waals surface area contributed by atoms with Crippen molar-refractivity contribution < 1.29 is 24.2 Å². The average Bonchev–Trinajstić information content (AvgIpc) is 2.94. The third-order valence-electron chi connectivity index (χ3n) is 3.79. The van der Waals surface area contributed by atoms with Gasteiger partial charge in [-0.25, -0.2) is 9.59 Å². The number of ether oxygens (including phenoxy) is 2. The molecule has 2 amide bonds. The predicted octanol–water partition coefficient (Wildman–Crippen LogP) is 2.28. The number of amides is 2. The summed E-state index contributed by atoms with van der Waals surface area (Å²) in [4.78, 5) is 25.6. The minimum absolute atomic E-state index is 0.165. The van der Waals surface area contributed by atoms with Gasteiger partial charge in [-0.1, -0.05) is 30.3 Å². The Morgan fingerprint density at radius 2 is 1.96 bits per heavy atom. The maximum Gasteiger partial charge on any atom is 0.410 e. The third kappa shape index (κ3) is 5.94. The number of hydrogen-bond donors (Lipinski definition) is 2.